The number of hydrogen-bond donors (Lipinski definition) is 1. The van der Waals surface area contributed by atoms with Crippen LogP contribution in [0, 0.1) is 39.9 Å². The van der Waals surface area contributed by atoms with Gasteiger partial charge in [0.05, 0.1) is 6.61 Å². The average Bonchev–Trinajstić information content (AvgIpc) is 2.69. The highest BCUT2D eigenvalue weighted by Gasteiger charge is 2.75. The van der Waals surface area contributed by atoms with Crippen molar-refractivity contribution in [1.29, 1.82) is 0 Å². The van der Waals surface area contributed by atoms with Crippen molar-refractivity contribution in [1.82, 2.24) is 0 Å². The summed E-state index contributed by atoms with van der Waals surface area (Å²) in [6, 6.07) is 0. The molecule has 4 heteroatoms. The number of ketones is 1. The van der Waals surface area contributed by atoms with Gasteiger partial charge in [-0.05, 0) is 67.6 Å². The predicted molar refractivity (Wildman–Crippen MR) is 91.5 cm³/mol. The van der Waals surface area contributed by atoms with Crippen molar-refractivity contribution in [2.45, 2.75) is 71.3 Å². The van der Waals surface area contributed by atoms with Crippen LogP contribution in [0.3, 0.4) is 0 Å². The van der Waals surface area contributed by atoms with Gasteiger partial charge in [-0.25, -0.2) is 4.79 Å². The summed E-state index contributed by atoms with van der Waals surface area (Å²) in [6.07, 6.45) is 7.49. The van der Waals surface area contributed by atoms with Crippen molar-refractivity contribution in [2.24, 2.45) is 39.9 Å². The highest BCUT2D eigenvalue weighted by molar-refractivity contribution is 6.09. The number of Topliss-reactive ketones (excluding diaryl/α,β-unsaturated/α-hetero) is 1. The molecule has 4 saturated carbocycles. The molecule has 4 aliphatic carbocycles. The van der Waals surface area contributed by atoms with Crippen LogP contribution in [0.2, 0.25) is 0 Å². The third kappa shape index (κ3) is 1.60. The number of carbonyl (C=O) groups excluding carboxylic acids is 2. The van der Waals surface area contributed by atoms with Gasteiger partial charge < -0.3 is 9.84 Å². The number of aliphatic hydroxyl groups is 1. The maximum Gasteiger partial charge on any atom is 0.346 e. The monoisotopic (exact) mass is 346 g/mol. The van der Waals surface area contributed by atoms with Crippen LogP contribution in [0.1, 0.15) is 65.7 Å². The summed E-state index contributed by atoms with van der Waals surface area (Å²) in [5, 5.41) is 11.1. The van der Waals surface area contributed by atoms with E-state index in [-0.39, 0.29) is 17.1 Å². The zero-order valence-corrected chi connectivity index (χ0v) is 15.6. The summed E-state index contributed by atoms with van der Waals surface area (Å²) >= 11 is 0. The molecule has 0 aromatic carbocycles. The molecule has 1 N–H and O–H groups in total. The van der Waals surface area contributed by atoms with E-state index in [0.717, 1.165) is 24.7 Å². The fourth-order valence-corrected chi connectivity index (χ4v) is 8.51. The van der Waals surface area contributed by atoms with E-state index in [1.54, 1.807) is 0 Å². The Hall–Kier alpha value is -0.900. The van der Waals surface area contributed by atoms with Gasteiger partial charge in [-0.2, -0.15) is 0 Å². The Labute approximate surface area is 149 Å². The smallest absolute Gasteiger partial charge is 0.346 e. The quantitative estimate of drug-likeness (QED) is 0.541. The third-order valence-corrected chi connectivity index (χ3v) is 9.55. The summed E-state index contributed by atoms with van der Waals surface area (Å²) in [7, 11) is 0. The summed E-state index contributed by atoms with van der Waals surface area (Å²) in [6.45, 7) is 6.58. The van der Waals surface area contributed by atoms with Crippen LogP contribution in [-0.4, -0.2) is 29.1 Å². The van der Waals surface area contributed by atoms with E-state index >= 15 is 0 Å². The minimum Gasteiger partial charge on any atom is -0.463 e. The van der Waals surface area contributed by atoms with Crippen molar-refractivity contribution in [3.05, 3.63) is 0 Å². The first kappa shape index (κ1) is 16.3. The Morgan fingerprint density at radius 3 is 2.60 bits per heavy atom. The predicted octanol–water partition coefficient (Wildman–Crippen LogP) is 3.11. The largest absolute Gasteiger partial charge is 0.463 e. The molecular formula is C21H30O4. The van der Waals surface area contributed by atoms with Crippen molar-refractivity contribution < 1.29 is 19.4 Å². The number of fused-ring (bicyclic) bond motifs is 4. The lowest BCUT2D eigenvalue weighted by molar-refractivity contribution is -0.206. The Kier molecular flexibility index (Phi) is 2.93. The van der Waals surface area contributed by atoms with Crippen LogP contribution in [0.25, 0.3) is 0 Å². The molecule has 0 radical (unpaired) electrons. The average molecular weight is 346 g/mol. The van der Waals surface area contributed by atoms with Crippen LogP contribution in [0.5, 0.6) is 0 Å². The van der Waals surface area contributed by atoms with E-state index in [0.29, 0.717) is 24.4 Å². The summed E-state index contributed by atoms with van der Waals surface area (Å²) in [4.78, 5) is 25.7. The molecule has 0 aromatic heterocycles. The Balaban J connectivity index is 1.68. The van der Waals surface area contributed by atoms with Crippen LogP contribution in [-0.2, 0) is 14.3 Å². The minimum atomic E-state index is -1.96. The van der Waals surface area contributed by atoms with E-state index in [1.807, 2.05) is 13.8 Å². The number of esters is 1. The Morgan fingerprint density at radius 2 is 1.84 bits per heavy atom. The molecule has 25 heavy (non-hydrogen) atoms. The lowest BCUT2D eigenvalue weighted by Crippen LogP contribution is -2.69. The Bertz CT molecular complexity index is 665. The van der Waals surface area contributed by atoms with Gasteiger partial charge in [0.25, 0.3) is 0 Å². The van der Waals surface area contributed by atoms with Crippen molar-refractivity contribution in [3.63, 3.8) is 0 Å². The first-order valence-electron chi connectivity index (χ1n) is 10.1. The van der Waals surface area contributed by atoms with Gasteiger partial charge in [0.2, 0.25) is 5.60 Å². The molecule has 6 fully saturated rings. The standard InChI is InChI=1S/C21H30O4/c1-12-8-19-7-6-14-18(2,3)21(24)16(22)10-20(14,11-25-17(21)23)15(19)5-4-13(12)9-19/h12-15,24H,4-11H2,1-3H3/t12-,13-,14+,15+,19+,20-,21?/m1/s1. The van der Waals surface area contributed by atoms with E-state index in [4.69, 9.17) is 4.74 Å². The molecule has 1 unspecified atom stereocenters. The molecule has 2 aliphatic heterocycles. The number of rotatable bonds is 0. The maximum absolute atomic E-state index is 13.1. The summed E-state index contributed by atoms with van der Waals surface area (Å²) in [5.74, 6) is 1.26. The number of carbonyl (C=O) groups is 2. The zero-order chi connectivity index (χ0) is 17.8. The number of hydrogen-bond acceptors (Lipinski definition) is 4. The molecule has 138 valence electrons. The third-order valence-electron chi connectivity index (χ3n) is 9.55. The van der Waals surface area contributed by atoms with Gasteiger partial charge in [-0.1, -0.05) is 20.8 Å². The molecule has 7 atom stereocenters. The summed E-state index contributed by atoms with van der Waals surface area (Å²) in [5.41, 5.74) is -2.63. The molecule has 2 heterocycles. The van der Waals surface area contributed by atoms with Gasteiger partial charge in [-0.3, -0.25) is 4.79 Å². The molecule has 4 bridgehead atoms. The zero-order valence-electron chi connectivity index (χ0n) is 15.6. The first-order chi connectivity index (χ1) is 11.7. The van der Waals surface area contributed by atoms with Gasteiger partial charge in [0.15, 0.2) is 5.78 Å². The van der Waals surface area contributed by atoms with E-state index in [2.05, 4.69) is 6.92 Å². The van der Waals surface area contributed by atoms with Crippen molar-refractivity contribution >= 4 is 11.8 Å². The normalized spacial score (nSPS) is 56.0. The van der Waals surface area contributed by atoms with Crippen LogP contribution >= 0.6 is 0 Å². The number of ether oxygens (including phenoxy) is 1. The van der Waals surface area contributed by atoms with E-state index in [1.165, 1.54) is 25.7 Å². The first-order valence-corrected chi connectivity index (χ1v) is 10.1. The topological polar surface area (TPSA) is 63.6 Å². The molecule has 6 aliphatic rings. The fourth-order valence-electron chi connectivity index (χ4n) is 8.51. The van der Waals surface area contributed by atoms with Gasteiger partial charge in [0.1, 0.15) is 0 Å². The van der Waals surface area contributed by atoms with Crippen LogP contribution < -0.4 is 0 Å². The molecule has 2 saturated heterocycles. The van der Waals surface area contributed by atoms with Crippen molar-refractivity contribution in [3.8, 4) is 0 Å². The molecule has 0 aromatic rings. The van der Waals surface area contributed by atoms with Gasteiger partial charge >= 0.3 is 5.97 Å². The van der Waals surface area contributed by atoms with Crippen molar-refractivity contribution in [2.75, 3.05) is 6.61 Å². The molecule has 4 nitrogen and oxygen atoms in total. The van der Waals surface area contributed by atoms with E-state index in [9.17, 15) is 14.7 Å². The molecular weight excluding hydrogens is 316 g/mol. The second kappa shape index (κ2) is 4.49. The molecule has 6 rings (SSSR count). The van der Waals surface area contributed by atoms with Gasteiger partial charge in [-0.15, -0.1) is 0 Å². The van der Waals surface area contributed by atoms with Crippen LogP contribution in [0.15, 0.2) is 0 Å². The highest BCUT2D eigenvalue weighted by Crippen LogP contribution is 2.73. The molecule has 0 amide bonds. The van der Waals surface area contributed by atoms with Gasteiger partial charge in [0, 0.05) is 17.3 Å². The lowest BCUT2D eigenvalue weighted by atomic mass is 9.38. The minimum absolute atomic E-state index is 0.178. The fraction of sp³-hybridized carbons (Fsp3) is 0.905. The van der Waals surface area contributed by atoms with E-state index < -0.39 is 17.0 Å². The lowest BCUT2D eigenvalue weighted by Gasteiger charge is -2.64. The highest BCUT2D eigenvalue weighted by atomic mass is 16.6. The second-order valence-electron chi connectivity index (χ2n) is 10.6. The van der Waals surface area contributed by atoms with Crippen LogP contribution in [0.4, 0.5) is 0 Å². The SMILES string of the molecule is C[C@@H]1C[C@]23CC[C@H]4C(C)(C)C5(O)C(=O)C[C@]4(COC5=O)[C@H]2CC[C@@H]1C3. The second-order valence-corrected chi connectivity index (χ2v) is 10.6. The molecule has 2 spiro atoms. The maximum atomic E-state index is 13.1. The Morgan fingerprint density at radius 1 is 1.08 bits per heavy atom. The summed E-state index contributed by atoms with van der Waals surface area (Å²) < 4.78 is 5.63.